The maximum absolute atomic E-state index is 5.66. The lowest BCUT2D eigenvalue weighted by atomic mass is 10.2. The Labute approximate surface area is 104 Å². The van der Waals surface area contributed by atoms with Crippen LogP contribution in [0.3, 0.4) is 0 Å². The molecule has 0 aliphatic carbocycles. The van der Waals surface area contributed by atoms with Crippen LogP contribution >= 0.6 is 0 Å². The fourth-order valence-corrected chi connectivity index (χ4v) is 1.43. The lowest BCUT2D eigenvalue weighted by Crippen LogP contribution is -2.36. The summed E-state index contributed by atoms with van der Waals surface area (Å²) in [6.07, 6.45) is -0.839. The van der Waals surface area contributed by atoms with Crippen molar-refractivity contribution in [3.8, 4) is 5.75 Å². The van der Waals surface area contributed by atoms with Gasteiger partial charge in [-0.05, 0) is 31.2 Å². The van der Waals surface area contributed by atoms with Gasteiger partial charge >= 0.3 is 0 Å². The van der Waals surface area contributed by atoms with Crippen molar-refractivity contribution in [3.05, 3.63) is 24.3 Å². The molecule has 0 amide bonds. The van der Waals surface area contributed by atoms with Crippen LogP contribution in [-0.4, -0.2) is 23.6 Å². The predicted octanol–water partition coefficient (Wildman–Crippen LogP) is 0.0856. The van der Waals surface area contributed by atoms with E-state index in [1.807, 2.05) is 0 Å². The van der Waals surface area contributed by atoms with E-state index in [9.17, 15) is 0 Å². The van der Waals surface area contributed by atoms with Crippen LogP contribution in [-0.2, 0) is 0 Å². The molecule has 0 fully saturated rings. The Balaban J connectivity index is 2.18. The van der Waals surface area contributed by atoms with Gasteiger partial charge in [0, 0.05) is 0 Å². The molecule has 18 heavy (non-hydrogen) atoms. The van der Waals surface area contributed by atoms with E-state index in [0.717, 1.165) is 5.69 Å². The van der Waals surface area contributed by atoms with Gasteiger partial charge in [0.15, 0.2) is 5.84 Å². The third-order valence-corrected chi connectivity index (χ3v) is 2.24. The van der Waals surface area contributed by atoms with E-state index in [1.165, 1.54) is 0 Å². The van der Waals surface area contributed by atoms with Crippen molar-refractivity contribution >= 4 is 22.9 Å². The van der Waals surface area contributed by atoms with E-state index in [1.54, 1.807) is 31.2 Å². The van der Waals surface area contributed by atoms with E-state index < -0.39 is 6.35 Å². The molecule has 6 N–H and O–H groups in total. The molecular weight excluding hydrogens is 232 g/mol. The zero-order valence-corrected chi connectivity index (χ0v) is 9.87. The summed E-state index contributed by atoms with van der Waals surface area (Å²) in [6.45, 7) is 1.80. The minimum atomic E-state index is -0.839. The first-order chi connectivity index (χ1) is 8.56. The zero-order chi connectivity index (χ0) is 13.1. The first-order valence-corrected chi connectivity index (χ1v) is 5.31. The summed E-state index contributed by atoms with van der Waals surface area (Å²) in [5, 5.41) is 7.59. The van der Waals surface area contributed by atoms with E-state index in [0.29, 0.717) is 23.0 Å². The largest absolute Gasteiger partial charge is 0.463 e. The molecular formula is C11H14N6O. The number of rotatable bonds is 3. The Kier molecular flexibility index (Phi) is 3.35. The second kappa shape index (κ2) is 4.94. The Morgan fingerprint density at radius 3 is 2.33 bits per heavy atom. The first-order valence-electron chi connectivity index (χ1n) is 5.31. The van der Waals surface area contributed by atoms with Gasteiger partial charge in [0.05, 0.1) is 11.4 Å². The van der Waals surface area contributed by atoms with Crippen molar-refractivity contribution in [2.24, 2.45) is 32.4 Å². The first kappa shape index (κ1) is 12.2. The lowest BCUT2D eigenvalue weighted by molar-refractivity contribution is 0.217. The number of aliphatic imine (C=N–C) groups is 1. The van der Waals surface area contributed by atoms with Crippen LogP contribution in [0.25, 0.3) is 0 Å². The van der Waals surface area contributed by atoms with Crippen molar-refractivity contribution in [1.29, 1.82) is 0 Å². The molecule has 1 aliphatic rings. The van der Waals surface area contributed by atoms with Crippen LogP contribution in [0.4, 0.5) is 5.69 Å². The molecule has 0 bridgehead atoms. The molecule has 0 saturated carbocycles. The summed E-state index contributed by atoms with van der Waals surface area (Å²) < 4.78 is 5.12. The maximum atomic E-state index is 5.66. The molecule has 1 aliphatic heterocycles. The topological polar surface area (TPSA) is 124 Å². The average Bonchev–Trinajstić information content (AvgIpc) is 2.63. The fraction of sp³-hybridized carbons (Fsp3) is 0.182. The number of hydrogen-bond donors (Lipinski definition) is 3. The van der Waals surface area contributed by atoms with Crippen molar-refractivity contribution < 1.29 is 4.74 Å². The van der Waals surface area contributed by atoms with Gasteiger partial charge in [-0.1, -0.05) is 0 Å². The highest BCUT2D eigenvalue weighted by atomic mass is 16.5. The molecule has 94 valence electrons. The number of nitrogens with zero attached hydrogens (tertiary/aromatic N) is 3. The second-order valence-electron chi connectivity index (χ2n) is 3.71. The molecule has 0 aromatic heterocycles. The monoisotopic (exact) mass is 246 g/mol. The normalized spacial score (nSPS) is 17.0. The zero-order valence-electron chi connectivity index (χ0n) is 9.87. The fourth-order valence-electron chi connectivity index (χ4n) is 1.43. The number of nitrogens with two attached hydrogens (primary N) is 3. The standard InChI is InChI=1S/C11H14N6O/c1-6-9(10(12)17-16-6)15-7-2-4-8(5-3-7)18-11(13)14/h2-5,11H,13-14H2,1H3,(H2,12,15,17). The molecule has 1 heterocycles. The smallest absolute Gasteiger partial charge is 0.201 e. The van der Waals surface area contributed by atoms with Crippen LogP contribution in [0.1, 0.15) is 6.92 Å². The summed E-state index contributed by atoms with van der Waals surface area (Å²) in [5.74, 6) is 0.893. The van der Waals surface area contributed by atoms with E-state index in [4.69, 9.17) is 21.9 Å². The van der Waals surface area contributed by atoms with Crippen LogP contribution in [0.15, 0.2) is 39.5 Å². The van der Waals surface area contributed by atoms with Crippen LogP contribution < -0.4 is 21.9 Å². The van der Waals surface area contributed by atoms with Gasteiger partial charge in [0.25, 0.3) is 0 Å². The highest BCUT2D eigenvalue weighted by Crippen LogP contribution is 2.19. The number of ether oxygens (including phenoxy) is 1. The predicted molar refractivity (Wildman–Crippen MR) is 71.1 cm³/mol. The highest BCUT2D eigenvalue weighted by Gasteiger charge is 2.14. The molecule has 1 aromatic rings. The highest BCUT2D eigenvalue weighted by molar-refractivity contribution is 6.69. The van der Waals surface area contributed by atoms with Crippen molar-refractivity contribution in [1.82, 2.24) is 0 Å². The van der Waals surface area contributed by atoms with Crippen LogP contribution in [0.2, 0.25) is 0 Å². The van der Waals surface area contributed by atoms with Gasteiger partial charge in [-0.3, -0.25) is 11.5 Å². The Bertz CT molecular complexity index is 509. The molecule has 0 atom stereocenters. The van der Waals surface area contributed by atoms with Gasteiger partial charge < -0.3 is 10.5 Å². The van der Waals surface area contributed by atoms with Gasteiger partial charge in [-0.25, -0.2) is 4.99 Å². The minimum absolute atomic E-state index is 0.316. The van der Waals surface area contributed by atoms with Crippen molar-refractivity contribution in [3.63, 3.8) is 0 Å². The molecule has 0 saturated heterocycles. The summed E-state index contributed by atoms with van der Waals surface area (Å²) in [5.41, 5.74) is 18.3. The summed E-state index contributed by atoms with van der Waals surface area (Å²) >= 11 is 0. The van der Waals surface area contributed by atoms with E-state index in [2.05, 4.69) is 15.2 Å². The molecule has 1 aromatic carbocycles. The number of amidine groups is 1. The van der Waals surface area contributed by atoms with Crippen LogP contribution in [0.5, 0.6) is 5.75 Å². The van der Waals surface area contributed by atoms with E-state index >= 15 is 0 Å². The third kappa shape index (κ3) is 2.70. The van der Waals surface area contributed by atoms with Gasteiger partial charge in [0.2, 0.25) is 6.35 Å². The molecule has 7 nitrogen and oxygen atoms in total. The summed E-state index contributed by atoms with van der Waals surface area (Å²) in [6, 6.07) is 6.98. The second-order valence-corrected chi connectivity index (χ2v) is 3.71. The van der Waals surface area contributed by atoms with Gasteiger partial charge in [-0.15, -0.1) is 5.10 Å². The molecule has 0 unspecified atom stereocenters. The molecule has 0 spiro atoms. The Morgan fingerprint density at radius 2 is 1.83 bits per heavy atom. The maximum Gasteiger partial charge on any atom is 0.201 e. The van der Waals surface area contributed by atoms with Crippen molar-refractivity contribution in [2.45, 2.75) is 13.3 Å². The van der Waals surface area contributed by atoms with E-state index in [-0.39, 0.29) is 0 Å². The van der Waals surface area contributed by atoms with Crippen molar-refractivity contribution in [2.75, 3.05) is 0 Å². The van der Waals surface area contributed by atoms with Gasteiger partial charge in [0.1, 0.15) is 11.5 Å². The number of hydrogen-bond acceptors (Lipinski definition) is 7. The Morgan fingerprint density at radius 1 is 1.17 bits per heavy atom. The minimum Gasteiger partial charge on any atom is -0.463 e. The lowest BCUT2D eigenvalue weighted by Gasteiger charge is -2.08. The quantitative estimate of drug-likeness (QED) is 0.653. The average molecular weight is 246 g/mol. The van der Waals surface area contributed by atoms with Crippen LogP contribution in [0, 0.1) is 0 Å². The SMILES string of the molecule is CC1=NN=C(N)C1=Nc1ccc(OC(N)N)cc1. The molecule has 0 radical (unpaired) electrons. The Hall–Kier alpha value is -2.25. The molecule has 7 heteroatoms. The summed E-state index contributed by atoms with van der Waals surface area (Å²) in [4.78, 5) is 4.35. The van der Waals surface area contributed by atoms with Gasteiger partial charge in [-0.2, -0.15) is 5.10 Å². The summed E-state index contributed by atoms with van der Waals surface area (Å²) in [7, 11) is 0. The third-order valence-electron chi connectivity index (χ3n) is 2.24. The number of benzene rings is 1. The molecule has 2 rings (SSSR count).